The molecule has 1 heterocycles. The monoisotopic (exact) mass is 273 g/mol. The molecule has 106 valence electrons. The third-order valence-corrected chi connectivity index (χ3v) is 3.28. The van der Waals surface area contributed by atoms with Crippen LogP contribution in [0.4, 0.5) is 5.69 Å². The van der Waals surface area contributed by atoms with E-state index >= 15 is 0 Å². The van der Waals surface area contributed by atoms with E-state index < -0.39 is 0 Å². The van der Waals surface area contributed by atoms with E-state index in [9.17, 15) is 4.79 Å². The summed E-state index contributed by atoms with van der Waals surface area (Å²) >= 11 is 0. The van der Waals surface area contributed by atoms with Gasteiger partial charge in [0.25, 0.3) is 0 Å². The molecule has 0 saturated heterocycles. The number of imidazole rings is 1. The number of hydrogen-bond donors (Lipinski definition) is 1. The number of aromatic nitrogens is 2. The molecule has 1 aromatic heterocycles. The lowest BCUT2D eigenvalue weighted by Gasteiger charge is -2.17. The van der Waals surface area contributed by atoms with Crippen LogP contribution in [0.15, 0.2) is 30.6 Å². The van der Waals surface area contributed by atoms with E-state index in [4.69, 9.17) is 4.74 Å². The summed E-state index contributed by atoms with van der Waals surface area (Å²) in [7, 11) is 3.34. The van der Waals surface area contributed by atoms with Crippen LogP contribution in [0.25, 0.3) is 0 Å². The number of anilines is 1. The van der Waals surface area contributed by atoms with E-state index in [2.05, 4.69) is 10.3 Å². The van der Waals surface area contributed by atoms with Crippen LogP contribution in [-0.4, -0.2) is 22.6 Å². The highest BCUT2D eigenvalue weighted by molar-refractivity contribution is 5.90. The van der Waals surface area contributed by atoms with Gasteiger partial charge in [0.1, 0.15) is 5.82 Å². The van der Waals surface area contributed by atoms with Crippen LogP contribution in [0.1, 0.15) is 34.7 Å². The number of hydrogen-bond acceptors (Lipinski definition) is 4. The standard InChI is InChI=1S/C15H19N3O2/c1-10-5-6-12(15(19)20-4)9-13(10)17-11(2)14-16-7-8-18(14)3/h5-9,11,17H,1-4H3. The highest BCUT2D eigenvalue weighted by Gasteiger charge is 2.13. The zero-order valence-electron chi connectivity index (χ0n) is 12.2. The summed E-state index contributed by atoms with van der Waals surface area (Å²) in [5.74, 6) is 0.602. The Balaban J connectivity index is 2.24. The Morgan fingerprint density at radius 3 is 2.80 bits per heavy atom. The average molecular weight is 273 g/mol. The molecule has 0 aliphatic carbocycles. The van der Waals surface area contributed by atoms with Gasteiger partial charge in [-0.3, -0.25) is 0 Å². The molecule has 0 fully saturated rings. The van der Waals surface area contributed by atoms with Gasteiger partial charge in [-0.25, -0.2) is 9.78 Å². The van der Waals surface area contributed by atoms with Crippen LogP contribution in [0, 0.1) is 6.92 Å². The Morgan fingerprint density at radius 2 is 2.20 bits per heavy atom. The number of carbonyl (C=O) groups is 1. The number of aryl methyl sites for hydroxylation is 2. The van der Waals surface area contributed by atoms with Crippen molar-refractivity contribution in [2.24, 2.45) is 7.05 Å². The van der Waals surface area contributed by atoms with E-state index in [1.807, 2.05) is 37.7 Å². The van der Waals surface area contributed by atoms with Crippen LogP contribution < -0.4 is 5.32 Å². The van der Waals surface area contributed by atoms with Crippen molar-refractivity contribution >= 4 is 11.7 Å². The predicted octanol–water partition coefficient (Wildman–Crippen LogP) is 2.69. The zero-order chi connectivity index (χ0) is 14.7. The van der Waals surface area contributed by atoms with Crippen LogP contribution in [0.5, 0.6) is 0 Å². The molecule has 1 N–H and O–H groups in total. The molecule has 0 bridgehead atoms. The Kier molecular flexibility index (Phi) is 4.08. The smallest absolute Gasteiger partial charge is 0.337 e. The van der Waals surface area contributed by atoms with Crippen molar-refractivity contribution < 1.29 is 9.53 Å². The van der Waals surface area contributed by atoms with Crippen molar-refractivity contribution in [3.8, 4) is 0 Å². The fourth-order valence-electron chi connectivity index (χ4n) is 2.11. The number of nitrogens with one attached hydrogen (secondary N) is 1. The molecular formula is C15H19N3O2. The van der Waals surface area contributed by atoms with Crippen molar-refractivity contribution in [3.05, 3.63) is 47.5 Å². The number of rotatable bonds is 4. The van der Waals surface area contributed by atoms with Gasteiger partial charge in [0.15, 0.2) is 0 Å². The van der Waals surface area contributed by atoms with Crippen LogP contribution in [-0.2, 0) is 11.8 Å². The van der Waals surface area contributed by atoms with E-state index in [1.165, 1.54) is 7.11 Å². The molecule has 0 aliphatic heterocycles. The van der Waals surface area contributed by atoms with Crippen molar-refractivity contribution in [1.29, 1.82) is 0 Å². The fraction of sp³-hybridized carbons (Fsp3) is 0.333. The van der Waals surface area contributed by atoms with Gasteiger partial charge in [0.05, 0.1) is 18.7 Å². The fourth-order valence-corrected chi connectivity index (χ4v) is 2.11. The lowest BCUT2D eigenvalue weighted by atomic mass is 10.1. The largest absolute Gasteiger partial charge is 0.465 e. The Bertz CT molecular complexity index is 619. The first-order valence-electron chi connectivity index (χ1n) is 6.45. The first-order chi connectivity index (χ1) is 9.52. The van der Waals surface area contributed by atoms with Gasteiger partial charge in [-0.15, -0.1) is 0 Å². The third-order valence-electron chi connectivity index (χ3n) is 3.28. The van der Waals surface area contributed by atoms with E-state index in [1.54, 1.807) is 18.3 Å². The van der Waals surface area contributed by atoms with Gasteiger partial charge in [-0.1, -0.05) is 6.07 Å². The van der Waals surface area contributed by atoms with Gasteiger partial charge in [-0.05, 0) is 31.5 Å². The molecule has 5 heteroatoms. The quantitative estimate of drug-likeness (QED) is 0.870. The van der Waals surface area contributed by atoms with E-state index in [0.29, 0.717) is 5.56 Å². The van der Waals surface area contributed by atoms with Crippen LogP contribution in [0.2, 0.25) is 0 Å². The van der Waals surface area contributed by atoms with E-state index in [0.717, 1.165) is 17.1 Å². The summed E-state index contributed by atoms with van der Waals surface area (Å²) in [5.41, 5.74) is 2.51. The lowest BCUT2D eigenvalue weighted by molar-refractivity contribution is 0.0601. The number of ether oxygens (including phenoxy) is 1. The normalized spacial score (nSPS) is 12.0. The second-order valence-electron chi connectivity index (χ2n) is 4.78. The molecule has 5 nitrogen and oxygen atoms in total. The molecule has 0 aliphatic rings. The summed E-state index contributed by atoms with van der Waals surface area (Å²) in [6, 6.07) is 5.51. The number of benzene rings is 1. The summed E-state index contributed by atoms with van der Waals surface area (Å²) in [5, 5.41) is 3.38. The minimum Gasteiger partial charge on any atom is -0.465 e. The predicted molar refractivity (Wildman–Crippen MR) is 77.8 cm³/mol. The number of methoxy groups -OCH3 is 1. The van der Waals surface area contributed by atoms with Gasteiger partial charge >= 0.3 is 5.97 Å². The molecule has 2 aromatic rings. The molecule has 1 atom stereocenters. The average Bonchev–Trinajstić information content (AvgIpc) is 2.86. The molecule has 0 radical (unpaired) electrons. The third kappa shape index (κ3) is 2.82. The van der Waals surface area contributed by atoms with Gasteiger partial charge in [-0.2, -0.15) is 0 Å². The van der Waals surface area contributed by atoms with Crippen LogP contribution >= 0.6 is 0 Å². The summed E-state index contributed by atoms with van der Waals surface area (Å²) in [4.78, 5) is 15.9. The molecule has 0 amide bonds. The number of carbonyl (C=O) groups excluding carboxylic acids is 1. The summed E-state index contributed by atoms with van der Waals surface area (Å²) in [6.45, 7) is 4.03. The SMILES string of the molecule is COC(=O)c1ccc(C)c(NC(C)c2nccn2C)c1. The summed E-state index contributed by atoms with van der Waals surface area (Å²) in [6.07, 6.45) is 3.68. The number of nitrogens with zero attached hydrogens (tertiary/aromatic N) is 2. The minimum atomic E-state index is -0.335. The Hall–Kier alpha value is -2.30. The van der Waals surface area contributed by atoms with Crippen LogP contribution in [0.3, 0.4) is 0 Å². The first-order valence-corrected chi connectivity index (χ1v) is 6.45. The maximum Gasteiger partial charge on any atom is 0.337 e. The molecule has 20 heavy (non-hydrogen) atoms. The summed E-state index contributed by atoms with van der Waals surface area (Å²) < 4.78 is 6.71. The lowest BCUT2D eigenvalue weighted by Crippen LogP contribution is -2.13. The van der Waals surface area contributed by atoms with Gasteiger partial charge in [0, 0.05) is 25.1 Å². The van der Waals surface area contributed by atoms with Gasteiger partial charge in [0.2, 0.25) is 0 Å². The number of esters is 1. The highest BCUT2D eigenvalue weighted by Crippen LogP contribution is 2.22. The van der Waals surface area contributed by atoms with Crippen molar-refractivity contribution in [2.45, 2.75) is 19.9 Å². The molecule has 0 saturated carbocycles. The topological polar surface area (TPSA) is 56.1 Å². The van der Waals surface area contributed by atoms with Crippen molar-refractivity contribution in [3.63, 3.8) is 0 Å². The first kappa shape index (κ1) is 14.1. The maximum absolute atomic E-state index is 11.6. The highest BCUT2D eigenvalue weighted by atomic mass is 16.5. The van der Waals surface area contributed by atoms with Crippen molar-refractivity contribution in [1.82, 2.24) is 9.55 Å². The Labute approximate surface area is 118 Å². The Morgan fingerprint density at radius 1 is 1.45 bits per heavy atom. The molecule has 1 unspecified atom stereocenters. The zero-order valence-corrected chi connectivity index (χ0v) is 12.2. The van der Waals surface area contributed by atoms with E-state index in [-0.39, 0.29) is 12.0 Å². The second-order valence-corrected chi connectivity index (χ2v) is 4.78. The van der Waals surface area contributed by atoms with Gasteiger partial charge < -0.3 is 14.6 Å². The molecule has 2 rings (SSSR count). The molecular weight excluding hydrogens is 254 g/mol. The van der Waals surface area contributed by atoms with Crippen molar-refractivity contribution in [2.75, 3.05) is 12.4 Å². The second kappa shape index (κ2) is 5.77. The maximum atomic E-state index is 11.6. The molecule has 1 aromatic carbocycles. The minimum absolute atomic E-state index is 0.0431. The molecule has 0 spiro atoms.